The molecule has 0 saturated heterocycles. The topological polar surface area (TPSA) is 29.9 Å². The van der Waals surface area contributed by atoms with Crippen LogP contribution in [0, 0.1) is 0 Å². The second kappa shape index (κ2) is 4.42. The van der Waals surface area contributed by atoms with Crippen LogP contribution in [0.3, 0.4) is 0 Å². The van der Waals surface area contributed by atoms with Gasteiger partial charge in [0, 0.05) is 30.5 Å². The molecule has 1 aliphatic carbocycles. The lowest BCUT2D eigenvalue weighted by atomic mass is 10.2. The molecule has 3 nitrogen and oxygen atoms in total. The number of nitrogens with zero attached hydrogens (tertiary/aromatic N) is 2. The fourth-order valence-electron chi connectivity index (χ4n) is 1.96. The molecule has 3 heteroatoms. The first kappa shape index (κ1) is 9.46. The maximum absolute atomic E-state index is 4.14. The number of aromatic nitrogens is 2. The Morgan fingerprint density at radius 1 is 1.57 bits per heavy atom. The van der Waals surface area contributed by atoms with Crippen LogP contribution in [0.5, 0.6) is 0 Å². The summed E-state index contributed by atoms with van der Waals surface area (Å²) < 4.78 is 1.74. The van der Waals surface area contributed by atoms with Crippen molar-refractivity contribution in [1.29, 1.82) is 0 Å². The fraction of sp³-hybridized carbons (Fsp3) is 0.545. The molecule has 1 heterocycles. The SMILES string of the molecule is C=Cn1cc(CNC2CCCC2)cn1. The van der Waals surface area contributed by atoms with Gasteiger partial charge in [-0.2, -0.15) is 5.10 Å². The molecule has 0 amide bonds. The van der Waals surface area contributed by atoms with Crippen molar-refractivity contribution in [2.24, 2.45) is 0 Å². The summed E-state index contributed by atoms with van der Waals surface area (Å²) in [5.41, 5.74) is 1.23. The van der Waals surface area contributed by atoms with Crippen LogP contribution in [0.25, 0.3) is 6.20 Å². The Bertz CT molecular complexity index is 297. The number of rotatable bonds is 4. The van der Waals surface area contributed by atoms with E-state index in [0.29, 0.717) is 0 Å². The molecule has 1 fully saturated rings. The van der Waals surface area contributed by atoms with E-state index >= 15 is 0 Å². The number of hydrogen-bond acceptors (Lipinski definition) is 2. The summed E-state index contributed by atoms with van der Waals surface area (Å²) in [5, 5.41) is 7.69. The molecule has 0 spiro atoms. The zero-order valence-corrected chi connectivity index (χ0v) is 8.45. The van der Waals surface area contributed by atoms with Gasteiger partial charge in [-0.1, -0.05) is 19.4 Å². The average Bonchev–Trinajstić information content (AvgIpc) is 2.86. The Morgan fingerprint density at radius 3 is 3.00 bits per heavy atom. The first-order valence-corrected chi connectivity index (χ1v) is 5.27. The summed E-state index contributed by atoms with van der Waals surface area (Å²) in [6.07, 6.45) is 11.0. The van der Waals surface area contributed by atoms with Crippen LogP contribution in [-0.4, -0.2) is 15.8 Å². The summed E-state index contributed by atoms with van der Waals surface area (Å²) in [7, 11) is 0. The molecule has 1 aromatic rings. The molecule has 0 radical (unpaired) electrons. The van der Waals surface area contributed by atoms with Crippen molar-refractivity contribution >= 4 is 6.20 Å². The van der Waals surface area contributed by atoms with E-state index in [-0.39, 0.29) is 0 Å². The minimum Gasteiger partial charge on any atom is -0.310 e. The molecule has 0 unspecified atom stereocenters. The molecule has 0 aliphatic heterocycles. The van der Waals surface area contributed by atoms with E-state index in [1.807, 2.05) is 12.4 Å². The van der Waals surface area contributed by atoms with Crippen LogP contribution < -0.4 is 5.32 Å². The van der Waals surface area contributed by atoms with Gasteiger partial charge in [0.25, 0.3) is 0 Å². The van der Waals surface area contributed by atoms with Gasteiger partial charge in [0.05, 0.1) is 6.20 Å². The van der Waals surface area contributed by atoms with Crippen LogP contribution >= 0.6 is 0 Å². The summed E-state index contributed by atoms with van der Waals surface area (Å²) in [5.74, 6) is 0. The molecule has 1 aromatic heterocycles. The zero-order valence-electron chi connectivity index (χ0n) is 8.45. The van der Waals surface area contributed by atoms with Crippen molar-refractivity contribution in [3.05, 3.63) is 24.5 Å². The van der Waals surface area contributed by atoms with E-state index in [0.717, 1.165) is 12.6 Å². The van der Waals surface area contributed by atoms with Crippen LogP contribution in [0.2, 0.25) is 0 Å². The predicted octanol–water partition coefficient (Wildman–Crippen LogP) is 2.02. The molecule has 0 bridgehead atoms. The van der Waals surface area contributed by atoms with Gasteiger partial charge in [0.1, 0.15) is 0 Å². The van der Waals surface area contributed by atoms with Crippen molar-refractivity contribution in [2.45, 2.75) is 38.3 Å². The van der Waals surface area contributed by atoms with Gasteiger partial charge in [0.2, 0.25) is 0 Å². The highest BCUT2D eigenvalue weighted by atomic mass is 15.2. The minimum atomic E-state index is 0.724. The third-order valence-corrected chi connectivity index (χ3v) is 2.79. The molecule has 76 valence electrons. The first-order valence-electron chi connectivity index (χ1n) is 5.27. The van der Waals surface area contributed by atoms with E-state index in [1.54, 1.807) is 10.9 Å². The van der Waals surface area contributed by atoms with Crippen LogP contribution in [0.15, 0.2) is 19.0 Å². The Kier molecular flexibility index (Phi) is 2.99. The molecule has 1 aliphatic rings. The monoisotopic (exact) mass is 191 g/mol. The Hall–Kier alpha value is -1.09. The molecule has 2 rings (SSSR count). The minimum absolute atomic E-state index is 0.724. The second-order valence-corrected chi connectivity index (χ2v) is 3.87. The standard InChI is InChI=1S/C11H17N3/c1-2-14-9-10(8-13-14)7-12-11-5-3-4-6-11/h2,8-9,11-12H,1,3-7H2. The highest BCUT2D eigenvalue weighted by molar-refractivity contribution is 5.17. The summed E-state index contributed by atoms with van der Waals surface area (Å²) in [6, 6.07) is 0.724. The van der Waals surface area contributed by atoms with E-state index in [1.165, 1.54) is 31.2 Å². The third-order valence-electron chi connectivity index (χ3n) is 2.79. The zero-order chi connectivity index (χ0) is 9.80. The Morgan fingerprint density at radius 2 is 2.36 bits per heavy atom. The fourth-order valence-corrected chi connectivity index (χ4v) is 1.96. The van der Waals surface area contributed by atoms with Gasteiger partial charge < -0.3 is 5.32 Å². The predicted molar refractivity (Wildman–Crippen MR) is 57.7 cm³/mol. The molecular formula is C11H17N3. The molecule has 1 saturated carbocycles. The molecule has 14 heavy (non-hydrogen) atoms. The van der Waals surface area contributed by atoms with Gasteiger partial charge >= 0.3 is 0 Å². The van der Waals surface area contributed by atoms with Crippen LogP contribution in [0.1, 0.15) is 31.2 Å². The molecular weight excluding hydrogens is 174 g/mol. The van der Waals surface area contributed by atoms with E-state index in [2.05, 4.69) is 17.0 Å². The van der Waals surface area contributed by atoms with Crippen LogP contribution in [-0.2, 0) is 6.54 Å². The summed E-state index contributed by atoms with van der Waals surface area (Å²) in [4.78, 5) is 0. The second-order valence-electron chi connectivity index (χ2n) is 3.87. The Balaban J connectivity index is 1.81. The van der Waals surface area contributed by atoms with Gasteiger partial charge in [0.15, 0.2) is 0 Å². The lowest BCUT2D eigenvalue weighted by molar-refractivity contribution is 0.524. The molecule has 0 atom stereocenters. The summed E-state index contributed by atoms with van der Waals surface area (Å²) >= 11 is 0. The summed E-state index contributed by atoms with van der Waals surface area (Å²) in [6.45, 7) is 4.59. The largest absolute Gasteiger partial charge is 0.310 e. The third kappa shape index (κ3) is 2.23. The molecule has 1 N–H and O–H groups in total. The highest BCUT2D eigenvalue weighted by Crippen LogP contribution is 2.17. The maximum atomic E-state index is 4.14. The van der Waals surface area contributed by atoms with Gasteiger partial charge in [-0.25, -0.2) is 4.68 Å². The van der Waals surface area contributed by atoms with Crippen LogP contribution in [0.4, 0.5) is 0 Å². The highest BCUT2D eigenvalue weighted by Gasteiger charge is 2.13. The van der Waals surface area contributed by atoms with Crippen molar-refractivity contribution in [1.82, 2.24) is 15.1 Å². The lowest BCUT2D eigenvalue weighted by Crippen LogP contribution is -2.24. The van der Waals surface area contributed by atoms with Crippen molar-refractivity contribution in [3.8, 4) is 0 Å². The van der Waals surface area contributed by atoms with Crippen molar-refractivity contribution in [3.63, 3.8) is 0 Å². The van der Waals surface area contributed by atoms with Gasteiger partial charge in [-0.15, -0.1) is 0 Å². The lowest BCUT2D eigenvalue weighted by Gasteiger charge is -2.09. The smallest absolute Gasteiger partial charge is 0.0538 e. The van der Waals surface area contributed by atoms with Gasteiger partial charge in [-0.3, -0.25) is 0 Å². The van der Waals surface area contributed by atoms with Gasteiger partial charge in [-0.05, 0) is 12.8 Å². The first-order chi connectivity index (χ1) is 6.88. The average molecular weight is 191 g/mol. The number of nitrogens with one attached hydrogen (secondary N) is 1. The Labute approximate surface area is 84.8 Å². The quantitative estimate of drug-likeness (QED) is 0.789. The van der Waals surface area contributed by atoms with E-state index in [9.17, 15) is 0 Å². The van der Waals surface area contributed by atoms with Crippen molar-refractivity contribution in [2.75, 3.05) is 0 Å². The van der Waals surface area contributed by atoms with Crippen molar-refractivity contribution < 1.29 is 0 Å². The van der Waals surface area contributed by atoms with E-state index < -0.39 is 0 Å². The maximum Gasteiger partial charge on any atom is 0.0538 e. The number of hydrogen-bond donors (Lipinski definition) is 1. The van der Waals surface area contributed by atoms with E-state index in [4.69, 9.17) is 0 Å². The normalized spacial score (nSPS) is 17.4. The molecule has 0 aromatic carbocycles.